The van der Waals surface area contributed by atoms with Gasteiger partial charge in [0.25, 0.3) is 0 Å². The van der Waals surface area contributed by atoms with Gasteiger partial charge in [0.2, 0.25) is 0 Å². The number of ether oxygens (including phenoxy) is 2. The fraction of sp³-hybridized carbons (Fsp3) is 0.700. The molecular weight excluding hydrogens is 198 g/mol. The Morgan fingerprint density at radius 1 is 1.27 bits per heavy atom. The maximum Gasteiger partial charge on any atom is 0.390 e. The SMILES string of the molecule is [C-]#[N+][C@@H](CCC(=O)OCC)C(=O)OCC. The second-order valence-corrected chi connectivity index (χ2v) is 2.74. The van der Waals surface area contributed by atoms with Gasteiger partial charge in [-0.3, -0.25) is 4.79 Å². The van der Waals surface area contributed by atoms with Gasteiger partial charge in [-0.1, -0.05) is 0 Å². The molecule has 0 unspecified atom stereocenters. The van der Waals surface area contributed by atoms with Crippen LogP contribution in [0.1, 0.15) is 26.7 Å². The van der Waals surface area contributed by atoms with Crippen LogP contribution in [0.5, 0.6) is 0 Å². The molecule has 5 nitrogen and oxygen atoms in total. The summed E-state index contributed by atoms with van der Waals surface area (Å²) in [5, 5.41) is 0. The molecule has 0 saturated carbocycles. The average molecular weight is 213 g/mol. The first-order valence-corrected chi connectivity index (χ1v) is 4.84. The van der Waals surface area contributed by atoms with Crippen molar-refractivity contribution in [1.82, 2.24) is 0 Å². The third kappa shape index (κ3) is 5.68. The highest BCUT2D eigenvalue weighted by Gasteiger charge is 2.25. The fourth-order valence-electron chi connectivity index (χ4n) is 0.961. The van der Waals surface area contributed by atoms with Crippen LogP contribution in [-0.4, -0.2) is 31.2 Å². The Balaban J connectivity index is 3.96. The zero-order valence-electron chi connectivity index (χ0n) is 8.99. The molecule has 15 heavy (non-hydrogen) atoms. The molecule has 84 valence electrons. The lowest BCUT2D eigenvalue weighted by molar-refractivity contribution is -0.145. The largest absolute Gasteiger partial charge is 0.466 e. The van der Waals surface area contributed by atoms with E-state index in [0.29, 0.717) is 6.61 Å². The Kier molecular flexibility index (Phi) is 6.98. The highest BCUT2D eigenvalue weighted by Crippen LogP contribution is 2.05. The standard InChI is InChI=1S/C10H15NO4/c1-4-14-9(12)7-6-8(11-3)10(13)15-5-2/h8H,4-7H2,1-2H3/t8-/m0/s1. The second kappa shape index (κ2) is 7.80. The maximum absolute atomic E-state index is 11.2. The monoisotopic (exact) mass is 213 g/mol. The molecule has 0 saturated heterocycles. The quantitative estimate of drug-likeness (QED) is 0.491. The molecule has 0 heterocycles. The zero-order chi connectivity index (χ0) is 11.7. The van der Waals surface area contributed by atoms with Gasteiger partial charge in [-0.25, -0.2) is 11.4 Å². The summed E-state index contributed by atoms with van der Waals surface area (Å²) in [5.74, 6) is -0.966. The van der Waals surface area contributed by atoms with Crippen LogP contribution in [0.4, 0.5) is 0 Å². The van der Waals surface area contributed by atoms with Crippen LogP contribution in [0.3, 0.4) is 0 Å². The van der Waals surface area contributed by atoms with E-state index in [0.717, 1.165) is 0 Å². The summed E-state index contributed by atoms with van der Waals surface area (Å²) in [4.78, 5) is 25.2. The normalized spacial score (nSPS) is 11.3. The smallest absolute Gasteiger partial charge is 0.390 e. The highest BCUT2D eigenvalue weighted by atomic mass is 16.5. The molecule has 0 aromatic carbocycles. The van der Waals surface area contributed by atoms with E-state index in [9.17, 15) is 9.59 Å². The molecule has 0 radical (unpaired) electrons. The first-order valence-electron chi connectivity index (χ1n) is 4.84. The van der Waals surface area contributed by atoms with Crippen LogP contribution in [0.25, 0.3) is 4.85 Å². The molecule has 0 amide bonds. The summed E-state index contributed by atoms with van der Waals surface area (Å²) in [5.41, 5.74) is 0. The maximum atomic E-state index is 11.2. The molecule has 0 fully saturated rings. The van der Waals surface area contributed by atoms with Gasteiger partial charge in [-0.15, -0.1) is 0 Å². The van der Waals surface area contributed by atoms with E-state index < -0.39 is 18.0 Å². The highest BCUT2D eigenvalue weighted by molar-refractivity contribution is 5.78. The van der Waals surface area contributed by atoms with Gasteiger partial charge in [0.1, 0.15) is 0 Å². The van der Waals surface area contributed by atoms with Crippen LogP contribution in [-0.2, 0) is 19.1 Å². The Labute approximate surface area is 89.2 Å². The topological polar surface area (TPSA) is 57.0 Å². The third-order valence-electron chi connectivity index (χ3n) is 1.64. The fourth-order valence-corrected chi connectivity index (χ4v) is 0.961. The number of esters is 2. The second-order valence-electron chi connectivity index (χ2n) is 2.74. The van der Waals surface area contributed by atoms with Crippen LogP contribution >= 0.6 is 0 Å². The van der Waals surface area contributed by atoms with Crippen LogP contribution in [0.2, 0.25) is 0 Å². The minimum Gasteiger partial charge on any atom is -0.466 e. The van der Waals surface area contributed by atoms with Crippen molar-refractivity contribution in [3.05, 3.63) is 11.4 Å². The average Bonchev–Trinajstić information content (AvgIpc) is 2.19. The summed E-state index contributed by atoms with van der Waals surface area (Å²) in [6.07, 6.45) is 0.223. The summed E-state index contributed by atoms with van der Waals surface area (Å²) < 4.78 is 9.36. The first-order chi connectivity index (χ1) is 7.15. The predicted molar refractivity (Wildman–Crippen MR) is 52.9 cm³/mol. The van der Waals surface area contributed by atoms with Crippen molar-refractivity contribution in [2.24, 2.45) is 0 Å². The van der Waals surface area contributed by atoms with Crippen molar-refractivity contribution in [3.63, 3.8) is 0 Å². The minimum atomic E-state index is -0.894. The lowest BCUT2D eigenvalue weighted by atomic mass is 10.2. The molecular formula is C10H15NO4. The first kappa shape index (κ1) is 13.4. The Morgan fingerprint density at radius 2 is 1.87 bits per heavy atom. The van der Waals surface area contributed by atoms with E-state index in [4.69, 9.17) is 6.57 Å². The number of hydrogen-bond donors (Lipinski definition) is 0. The predicted octanol–water partition coefficient (Wildman–Crippen LogP) is 1.18. The van der Waals surface area contributed by atoms with Crippen LogP contribution < -0.4 is 0 Å². The molecule has 0 aliphatic heterocycles. The summed E-state index contributed by atoms with van der Waals surface area (Å²) in [7, 11) is 0. The Bertz CT molecular complexity index is 257. The molecule has 0 aromatic rings. The molecule has 1 atom stereocenters. The molecule has 0 aliphatic rings. The van der Waals surface area contributed by atoms with Crippen LogP contribution in [0.15, 0.2) is 0 Å². The lowest BCUT2D eigenvalue weighted by Gasteiger charge is -2.04. The van der Waals surface area contributed by atoms with Gasteiger partial charge in [0.05, 0.1) is 19.6 Å². The summed E-state index contributed by atoms with van der Waals surface area (Å²) in [6.45, 7) is 10.7. The van der Waals surface area contributed by atoms with Gasteiger partial charge >= 0.3 is 18.0 Å². The molecule has 5 heteroatoms. The van der Waals surface area contributed by atoms with E-state index in [2.05, 4.69) is 14.3 Å². The molecule has 0 rings (SSSR count). The van der Waals surface area contributed by atoms with Gasteiger partial charge in [-0.2, -0.15) is 0 Å². The van der Waals surface area contributed by atoms with Crippen molar-refractivity contribution in [1.29, 1.82) is 0 Å². The van der Waals surface area contributed by atoms with E-state index in [1.165, 1.54) is 0 Å². The summed E-state index contributed by atoms with van der Waals surface area (Å²) >= 11 is 0. The van der Waals surface area contributed by atoms with Crippen molar-refractivity contribution >= 4 is 11.9 Å². The third-order valence-corrected chi connectivity index (χ3v) is 1.64. The van der Waals surface area contributed by atoms with Gasteiger partial charge in [-0.05, 0) is 13.8 Å². The van der Waals surface area contributed by atoms with E-state index in [-0.39, 0.29) is 19.4 Å². The molecule has 0 aliphatic carbocycles. The molecule has 0 spiro atoms. The summed E-state index contributed by atoms with van der Waals surface area (Å²) in [6, 6.07) is -0.894. The molecule has 0 bridgehead atoms. The zero-order valence-corrected chi connectivity index (χ0v) is 8.99. The van der Waals surface area contributed by atoms with Gasteiger partial charge in [0.15, 0.2) is 0 Å². The van der Waals surface area contributed by atoms with Crippen molar-refractivity contribution < 1.29 is 19.1 Å². The number of carbonyl (C=O) groups excluding carboxylic acids is 2. The lowest BCUT2D eigenvalue weighted by Crippen LogP contribution is -2.21. The van der Waals surface area contributed by atoms with E-state index in [1.54, 1.807) is 13.8 Å². The van der Waals surface area contributed by atoms with Gasteiger partial charge < -0.3 is 14.3 Å². The van der Waals surface area contributed by atoms with Crippen molar-refractivity contribution in [3.8, 4) is 0 Å². The van der Waals surface area contributed by atoms with E-state index >= 15 is 0 Å². The molecule has 0 N–H and O–H groups in total. The van der Waals surface area contributed by atoms with Gasteiger partial charge in [0, 0.05) is 6.42 Å². The number of carbonyl (C=O) groups is 2. The Hall–Kier alpha value is -1.57. The van der Waals surface area contributed by atoms with Crippen molar-refractivity contribution in [2.75, 3.05) is 13.2 Å². The minimum absolute atomic E-state index is 0.0691. The Morgan fingerprint density at radius 3 is 2.33 bits per heavy atom. The number of rotatable bonds is 6. The van der Waals surface area contributed by atoms with E-state index in [1.807, 2.05) is 0 Å². The van der Waals surface area contributed by atoms with Crippen molar-refractivity contribution in [2.45, 2.75) is 32.7 Å². The number of hydrogen-bond acceptors (Lipinski definition) is 4. The van der Waals surface area contributed by atoms with Crippen LogP contribution in [0, 0.1) is 6.57 Å². The molecule has 0 aromatic heterocycles. The number of nitrogens with zero attached hydrogens (tertiary/aromatic N) is 1.